The fourth-order valence-corrected chi connectivity index (χ4v) is 1.14. The van der Waals surface area contributed by atoms with E-state index in [4.69, 9.17) is 17.3 Å². The molecule has 0 aromatic carbocycles. The Bertz CT molecular complexity index is 384. The summed E-state index contributed by atoms with van der Waals surface area (Å²) in [5.41, 5.74) is 2.58. The van der Waals surface area contributed by atoms with Crippen LogP contribution in [0.25, 0.3) is 0 Å². The highest BCUT2D eigenvalue weighted by atomic mass is 35.5. The zero-order valence-electron chi connectivity index (χ0n) is 6.89. The molecule has 4 nitrogen and oxygen atoms in total. The molecule has 1 amide bonds. The summed E-state index contributed by atoms with van der Waals surface area (Å²) in [6.45, 7) is 0. The molecule has 1 heterocycles. The molecule has 0 fully saturated rings. The van der Waals surface area contributed by atoms with E-state index in [9.17, 15) is 18.0 Å². The van der Waals surface area contributed by atoms with Gasteiger partial charge in [-0.25, -0.2) is 0 Å². The van der Waals surface area contributed by atoms with Gasteiger partial charge >= 0.3 is 6.18 Å². The summed E-state index contributed by atoms with van der Waals surface area (Å²) >= 11 is 5.41. The Morgan fingerprint density at radius 2 is 2.07 bits per heavy atom. The molecule has 0 aliphatic heterocycles. The molecule has 0 spiro atoms. The Balaban J connectivity index is 3.45. The number of carbonyl (C=O) groups is 1. The molecule has 8 heteroatoms. The molecule has 0 aliphatic rings. The van der Waals surface area contributed by atoms with Crippen LogP contribution in [0.4, 0.5) is 13.2 Å². The third kappa shape index (κ3) is 1.67. The summed E-state index contributed by atoms with van der Waals surface area (Å²) in [6, 6.07) is 0. The number of halogens is 4. The molecule has 0 atom stereocenters. The van der Waals surface area contributed by atoms with Gasteiger partial charge in [0.05, 0.1) is 0 Å². The number of aryl methyl sites for hydroxylation is 1. The average Bonchev–Trinajstić information content (AvgIpc) is 2.27. The van der Waals surface area contributed by atoms with Crippen LogP contribution in [-0.4, -0.2) is 15.7 Å². The van der Waals surface area contributed by atoms with Crippen molar-refractivity contribution in [3.05, 3.63) is 16.4 Å². The standard InChI is InChI=1S/C6H5ClF3N3O/c1-13-4(7)2(5(11)14)3(12-13)6(8,9)10/h1H3,(H2,11,14). The van der Waals surface area contributed by atoms with E-state index in [2.05, 4.69) is 5.10 Å². The van der Waals surface area contributed by atoms with Crippen LogP contribution in [0.2, 0.25) is 5.15 Å². The van der Waals surface area contributed by atoms with Crippen LogP contribution in [-0.2, 0) is 13.2 Å². The summed E-state index contributed by atoms with van der Waals surface area (Å²) in [5.74, 6) is -1.25. The lowest BCUT2D eigenvalue weighted by molar-refractivity contribution is -0.141. The molecule has 2 N–H and O–H groups in total. The molecule has 0 saturated heterocycles. The van der Waals surface area contributed by atoms with E-state index in [1.807, 2.05) is 0 Å². The number of primary amides is 1. The highest BCUT2D eigenvalue weighted by Gasteiger charge is 2.40. The van der Waals surface area contributed by atoms with Crippen molar-refractivity contribution in [1.29, 1.82) is 0 Å². The van der Waals surface area contributed by atoms with Crippen molar-refractivity contribution in [2.24, 2.45) is 12.8 Å². The molecule has 0 saturated carbocycles. The van der Waals surface area contributed by atoms with Crippen molar-refractivity contribution in [2.45, 2.75) is 6.18 Å². The molecule has 0 radical (unpaired) electrons. The summed E-state index contributed by atoms with van der Waals surface area (Å²) in [6.07, 6.45) is -4.74. The SMILES string of the molecule is Cn1nc(C(F)(F)F)c(C(N)=O)c1Cl. The van der Waals surface area contributed by atoms with Gasteiger partial charge in [0, 0.05) is 7.05 Å². The van der Waals surface area contributed by atoms with E-state index in [-0.39, 0.29) is 0 Å². The van der Waals surface area contributed by atoms with E-state index in [0.717, 1.165) is 4.68 Å². The van der Waals surface area contributed by atoms with Gasteiger partial charge in [-0.1, -0.05) is 11.6 Å². The number of amides is 1. The molecular formula is C6H5ClF3N3O. The van der Waals surface area contributed by atoms with E-state index in [1.165, 1.54) is 7.05 Å². The number of carbonyl (C=O) groups excluding carboxylic acids is 1. The minimum atomic E-state index is -4.74. The summed E-state index contributed by atoms with van der Waals surface area (Å²) in [4.78, 5) is 10.7. The maximum Gasteiger partial charge on any atom is 0.436 e. The normalized spacial score (nSPS) is 11.8. The summed E-state index contributed by atoms with van der Waals surface area (Å²) in [7, 11) is 1.18. The van der Waals surface area contributed by atoms with Gasteiger partial charge in [0.1, 0.15) is 10.7 Å². The fourth-order valence-electron chi connectivity index (χ4n) is 0.920. The van der Waals surface area contributed by atoms with Crippen molar-refractivity contribution < 1.29 is 18.0 Å². The Kier molecular flexibility index (Phi) is 2.45. The van der Waals surface area contributed by atoms with Crippen molar-refractivity contribution in [3.63, 3.8) is 0 Å². The van der Waals surface area contributed by atoms with E-state index >= 15 is 0 Å². The van der Waals surface area contributed by atoms with Gasteiger partial charge in [-0.05, 0) is 0 Å². The smallest absolute Gasteiger partial charge is 0.365 e. The third-order valence-electron chi connectivity index (χ3n) is 1.49. The molecule has 1 aromatic rings. The maximum atomic E-state index is 12.3. The van der Waals surface area contributed by atoms with Gasteiger partial charge in [-0.3, -0.25) is 9.48 Å². The lowest BCUT2D eigenvalue weighted by atomic mass is 10.2. The zero-order valence-corrected chi connectivity index (χ0v) is 7.65. The Morgan fingerprint density at radius 3 is 2.36 bits per heavy atom. The first-order valence-corrected chi connectivity index (χ1v) is 3.72. The van der Waals surface area contributed by atoms with E-state index in [1.54, 1.807) is 0 Å². The fraction of sp³-hybridized carbons (Fsp3) is 0.333. The van der Waals surface area contributed by atoms with Gasteiger partial charge in [0.25, 0.3) is 5.91 Å². The molecule has 0 aliphatic carbocycles. The highest BCUT2D eigenvalue weighted by molar-refractivity contribution is 6.33. The van der Waals surface area contributed by atoms with E-state index < -0.39 is 28.5 Å². The van der Waals surface area contributed by atoms with Crippen LogP contribution in [0.3, 0.4) is 0 Å². The minimum Gasteiger partial charge on any atom is -0.365 e. The number of hydrogen-bond acceptors (Lipinski definition) is 2. The number of alkyl halides is 3. The Labute approximate surface area is 81.4 Å². The third-order valence-corrected chi connectivity index (χ3v) is 1.93. The zero-order chi connectivity index (χ0) is 11.1. The molecule has 1 aromatic heterocycles. The average molecular weight is 228 g/mol. The number of nitrogens with two attached hydrogens (primary N) is 1. The monoisotopic (exact) mass is 227 g/mol. The highest BCUT2D eigenvalue weighted by Crippen LogP contribution is 2.33. The van der Waals surface area contributed by atoms with Crippen molar-refractivity contribution in [2.75, 3.05) is 0 Å². The van der Waals surface area contributed by atoms with Crippen LogP contribution in [0, 0.1) is 0 Å². The van der Waals surface area contributed by atoms with Gasteiger partial charge in [0.2, 0.25) is 0 Å². The topological polar surface area (TPSA) is 60.9 Å². The van der Waals surface area contributed by atoms with Gasteiger partial charge in [-0.2, -0.15) is 18.3 Å². The number of hydrogen-bond donors (Lipinski definition) is 1. The number of nitrogens with zero attached hydrogens (tertiary/aromatic N) is 2. The molecule has 14 heavy (non-hydrogen) atoms. The summed E-state index contributed by atoms with van der Waals surface area (Å²) in [5, 5.41) is 2.64. The van der Waals surface area contributed by atoms with Crippen LogP contribution in [0.5, 0.6) is 0 Å². The molecule has 0 unspecified atom stereocenters. The second-order valence-electron chi connectivity index (χ2n) is 2.50. The van der Waals surface area contributed by atoms with Gasteiger partial charge in [0.15, 0.2) is 5.69 Å². The minimum absolute atomic E-state index is 0.426. The number of aromatic nitrogens is 2. The first-order valence-electron chi connectivity index (χ1n) is 3.34. The predicted molar refractivity (Wildman–Crippen MR) is 41.7 cm³/mol. The number of rotatable bonds is 1. The summed E-state index contributed by atoms with van der Waals surface area (Å²) < 4.78 is 37.5. The largest absolute Gasteiger partial charge is 0.436 e. The van der Waals surface area contributed by atoms with Crippen LogP contribution >= 0.6 is 11.6 Å². The first-order chi connectivity index (χ1) is 6.25. The van der Waals surface area contributed by atoms with Crippen LogP contribution < -0.4 is 5.73 Å². The second-order valence-corrected chi connectivity index (χ2v) is 2.86. The first kappa shape index (κ1) is 10.8. The Morgan fingerprint density at radius 1 is 1.57 bits per heavy atom. The van der Waals surface area contributed by atoms with E-state index in [0.29, 0.717) is 0 Å². The molecule has 78 valence electrons. The van der Waals surface area contributed by atoms with Gasteiger partial charge in [-0.15, -0.1) is 0 Å². The van der Waals surface area contributed by atoms with Crippen LogP contribution in [0.15, 0.2) is 0 Å². The lowest BCUT2D eigenvalue weighted by Gasteiger charge is -2.02. The second kappa shape index (κ2) is 3.16. The molecule has 1 rings (SSSR count). The van der Waals surface area contributed by atoms with Crippen molar-refractivity contribution in [3.8, 4) is 0 Å². The Hall–Kier alpha value is -1.24. The molecular weight excluding hydrogens is 223 g/mol. The van der Waals surface area contributed by atoms with Crippen molar-refractivity contribution >= 4 is 17.5 Å². The van der Waals surface area contributed by atoms with Crippen molar-refractivity contribution in [1.82, 2.24) is 9.78 Å². The lowest BCUT2D eigenvalue weighted by Crippen LogP contribution is -2.18. The quantitative estimate of drug-likeness (QED) is 0.783. The predicted octanol–water partition coefficient (Wildman–Crippen LogP) is 1.19. The van der Waals surface area contributed by atoms with Crippen LogP contribution in [0.1, 0.15) is 16.1 Å². The van der Waals surface area contributed by atoms with Gasteiger partial charge < -0.3 is 5.73 Å². The maximum absolute atomic E-state index is 12.3. The molecule has 0 bridgehead atoms.